The fraction of sp³-hybridized carbons (Fsp3) is 0.400. The van der Waals surface area contributed by atoms with Crippen LogP contribution in [0.2, 0.25) is 0 Å². The van der Waals surface area contributed by atoms with E-state index in [9.17, 15) is 4.39 Å². The zero-order chi connectivity index (χ0) is 10.4. The second-order valence-electron chi connectivity index (χ2n) is 2.91. The normalized spacial score (nSPS) is 10.5. The topological polar surface area (TPSA) is 35.2 Å². The van der Waals surface area contributed by atoms with Crippen LogP contribution in [0.1, 0.15) is 12.0 Å². The molecule has 2 N–H and O–H groups in total. The van der Waals surface area contributed by atoms with Crippen molar-refractivity contribution in [2.24, 2.45) is 5.73 Å². The molecule has 0 saturated carbocycles. The molecule has 0 bridgehead atoms. The molecule has 0 radical (unpaired) electrons. The minimum atomic E-state index is -0.259. The fourth-order valence-corrected chi connectivity index (χ4v) is 1.41. The number of benzene rings is 1. The molecule has 4 heteroatoms. The van der Waals surface area contributed by atoms with E-state index in [1.807, 2.05) is 6.07 Å². The van der Waals surface area contributed by atoms with E-state index >= 15 is 0 Å². The van der Waals surface area contributed by atoms with Crippen LogP contribution in [-0.4, -0.2) is 13.2 Å². The first-order valence-corrected chi connectivity index (χ1v) is 5.25. The Morgan fingerprint density at radius 2 is 2.21 bits per heavy atom. The van der Waals surface area contributed by atoms with Crippen molar-refractivity contribution in [3.63, 3.8) is 0 Å². The summed E-state index contributed by atoms with van der Waals surface area (Å²) in [6, 6.07) is 4.91. The minimum absolute atomic E-state index is 0.259. The molecule has 2 nitrogen and oxygen atoms in total. The lowest BCUT2D eigenvalue weighted by atomic mass is 10.2. The zero-order valence-corrected chi connectivity index (χ0v) is 9.39. The Hall–Kier alpha value is -0.450. The molecule has 1 aromatic rings. The van der Waals surface area contributed by atoms with Crippen molar-refractivity contribution in [2.75, 3.05) is 13.2 Å². The summed E-state index contributed by atoms with van der Waals surface area (Å²) in [5, 5.41) is 0. The van der Waals surface area contributed by atoms with Crippen LogP contribution in [0.5, 0.6) is 0 Å². The first-order valence-electron chi connectivity index (χ1n) is 4.46. The molecule has 0 atom stereocenters. The lowest BCUT2D eigenvalue weighted by molar-refractivity contribution is 0.119. The van der Waals surface area contributed by atoms with E-state index in [1.165, 1.54) is 6.07 Å². The molecule has 0 amide bonds. The van der Waals surface area contributed by atoms with Gasteiger partial charge in [-0.1, -0.05) is 12.1 Å². The maximum absolute atomic E-state index is 13.0. The van der Waals surface area contributed by atoms with E-state index in [2.05, 4.69) is 15.9 Å². The van der Waals surface area contributed by atoms with Gasteiger partial charge in [-0.25, -0.2) is 4.39 Å². The van der Waals surface area contributed by atoms with Gasteiger partial charge in [-0.3, -0.25) is 0 Å². The van der Waals surface area contributed by atoms with Crippen molar-refractivity contribution in [1.29, 1.82) is 0 Å². The van der Waals surface area contributed by atoms with Crippen molar-refractivity contribution in [3.05, 3.63) is 34.1 Å². The van der Waals surface area contributed by atoms with Crippen LogP contribution in [0.4, 0.5) is 4.39 Å². The maximum atomic E-state index is 13.0. The highest BCUT2D eigenvalue weighted by Crippen LogP contribution is 2.20. The average Bonchev–Trinajstić information content (AvgIpc) is 2.19. The predicted octanol–water partition coefficient (Wildman–Crippen LogP) is 2.45. The highest BCUT2D eigenvalue weighted by molar-refractivity contribution is 9.10. The third-order valence-corrected chi connectivity index (χ3v) is 2.67. The molecule has 0 heterocycles. The summed E-state index contributed by atoms with van der Waals surface area (Å²) >= 11 is 3.17. The van der Waals surface area contributed by atoms with Gasteiger partial charge in [-0.15, -0.1) is 0 Å². The Bertz CT molecular complexity index is 293. The number of nitrogens with two attached hydrogens (primary N) is 1. The Morgan fingerprint density at radius 1 is 1.43 bits per heavy atom. The number of ether oxygens (including phenoxy) is 1. The summed E-state index contributed by atoms with van der Waals surface area (Å²) < 4.78 is 18.8. The lowest BCUT2D eigenvalue weighted by Crippen LogP contribution is -2.04. The lowest BCUT2D eigenvalue weighted by Gasteiger charge is -2.06. The molecule has 14 heavy (non-hydrogen) atoms. The molecular weight excluding hydrogens is 249 g/mol. The van der Waals surface area contributed by atoms with E-state index in [1.54, 1.807) is 6.07 Å². The SMILES string of the molecule is NCCCOCc1cccc(F)c1Br. The molecule has 78 valence electrons. The van der Waals surface area contributed by atoms with E-state index in [-0.39, 0.29) is 5.82 Å². The van der Waals surface area contributed by atoms with Crippen LogP contribution >= 0.6 is 15.9 Å². The summed E-state index contributed by atoms with van der Waals surface area (Å²) in [7, 11) is 0. The summed E-state index contributed by atoms with van der Waals surface area (Å²) in [4.78, 5) is 0. The molecule has 0 saturated heterocycles. The van der Waals surface area contributed by atoms with Gasteiger partial charge in [-0.2, -0.15) is 0 Å². The van der Waals surface area contributed by atoms with E-state index < -0.39 is 0 Å². The van der Waals surface area contributed by atoms with Crippen molar-refractivity contribution in [1.82, 2.24) is 0 Å². The number of rotatable bonds is 5. The van der Waals surface area contributed by atoms with Gasteiger partial charge < -0.3 is 10.5 Å². The zero-order valence-electron chi connectivity index (χ0n) is 7.80. The Morgan fingerprint density at radius 3 is 2.93 bits per heavy atom. The summed E-state index contributed by atoms with van der Waals surface area (Å²) in [5.74, 6) is -0.259. The first kappa shape index (κ1) is 11.6. The van der Waals surface area contributed by atoms with Crippen LogP contribution in [0.15, 0.2) is 22.7 Å². The van der Waals surface area contributed by atoms with Crippen molar-refractivity contribution < 1.29 is 9.13 Å². The monoisotopic (exact) mass is 261 g/mol. The highest BCUT2D eigenvalue weighted by Gasteiger charge is 2.04. The van der Waals surface area contributed by atoms with Gasteiger partial charge in [0, 0.05) is 6.61 Å². The highest BCUT2D eigenvalue weighted by atomic mass is 79.9. The van der Waals surface area contributed by atoms with E-state index in [0.29, 0.717) is 24.2 Å². The molecule has 0 aliphatic carbocycles. The van der Waals surface area contributed by atoms with Gasteiger partial charge in [0.15, 0.2) is 0 Å². The van der Waals surface area contributed by atoms with Crippen molar-refractivity contribution in [2.45, 2.75) is 13.0 Å². The van der Waals surface area contributed by atoms with Gasteiger partial charge in [0.05, 0.1) is 11.1 Å². The quantitative estimate of drug-likeness (QED) is 0.827. The fourth-order valence-electron chi connectivity index (χ4n) is 1.03. The van der Waals surface area contributed by atoms with Crippen molar-refractivity contribution in [3.8, 4) is 0 Å². The third kappa shape index (κ3) is 3.36. The molecule has 1 aromatic carbocycles. The van der Waals surface area contributed by atoms with E-state index in [0.717, 1.165) is 12.0 Å². The summed E-state index contributed by atoms with van der Waals surface area (Å²) in [5.41, 5.74) is 6.13. The summed E-state index contributed by atoms with van der Waals surface area (Å²) in [6.07, 6.45) is 0.826. The van der Waals surface area contributed by atoms with Gasteiger partial charge >= 0.3 is 0 Å². The number of halogens is 2. The Balaban J connectivity index is 2.46. The number of hydrogen-bond donors (Lipinski definition) is 1. The third-order valence-electron chi connectivity index (χ3n) is 1.78. The van der Waals surface area contributed by atoms with Crippen LogP contribution in [0.3, 0.4) is 0 Å². The largest absolute Gasteiger partial charge is 0.377 e. The molecule has 0 aliphatic rings. The van der Waals surface area contributed by atoms with Crippen LogP contribution in [0, 0.1) is 5.82 Å². The number of hydrogen-bond acceptors (Lipinski definition) is 2. The van der Waals surface area contributed by atoms with Crippen molar-refractivity contribution >= 4 is 15.9 Å². The van der Waals surface area contributed by atoms with Crippen LogP contribution in [0.25, 0.3) is 0 Å². The summed E-state index contributed by atoms with van der Waals surface area (Å²) in [6.45, 7) is 1.64. The second-order valence-corrected chi connectivity index (χ2v) is 3.70. The van der Waals surface area contributed by atoms with Gasteiger partial charge in [-0.05, 0) is 40.5 Å². The average molecular weight is 262 g/mol. The molecule has 0 unspecified atom stereocenters. The van der Waals surface area contributed by atoms with Crippen LogP contribution in [-0.2, 0) is 11.3 Å². The minimum Gasteiger partial charge on any atom is -0.377 e. The van der Waals surface area contributed by atoms with Crippen LogP contribution < -0.4 is 5.73 Å². The van der Waals surface area contributed by atoms with Gasteiger partial charge in [0.2, 0.25) is 0 Å². The Kier molecular flexibility index (Phi) is 5.07. The molecule has 0 fully saturated rings. The molecule has 0 aliphatic heterocycles. The standard InChI is InChI=1S/C10H13BrFNO/c11-10-8(3-1-4-9(10)12)7-14-6-2-5-13/h1,3-4H,2,5-7,13H2. The second kappa shape index (κ2) is 6.11. The predicted molar refractivity (Wildman–Crippen MR) is 57.4 cm³/mol. The smallest absolute Gasteiger partial charge is 0.137 e. The van der Waals surface area contributed by atoms with E-state index in [4.69, 9.17) is 10.5 Å². The Labute approximate surface area is 91.4 Å². The van der Waals surface area contributed by atoms with Gasteiger partial charge in [0.25, 0.3) is 0 Å². The molecule has 0 spiro atoms. The molecule has 1 rings (SSSR count). The maximum Gasteiger partial charge on any atom is 0.137 e. The first-order chi connectivity index (χ1) is 6.75. The van der Waals surface area contributed by atoms with Gasteiger partial charge in [0.1, 0.15) is 5.82 Å². The molecule has 0 aromatic heterocycles. The molecular formula is C10H13BrFNO.